The maximum atomic E-state index is 12.8. The second-order valence-corrected chi connectivity index (χ2v) is 6.40. The van der Waals surface area contributed by atoms with Crippen LogP contribution in [0.3, 0.4) is 0 Å². The van der Waals surface area contributed by atoms with Crippen LogP contribution in [0.5, 0.6) is 0 Å². The SMILES string of the molecule is Cn1nc(C2CCCN2C(=O)c2cnn(C3CCC3)c2)nc1N. The zero-order chi connectivity index (χ0) is 16.0. The summed E-state index contributed by atoms with van der Waals surface area (Å²) in [5.41, 5.74) is 6.42. The zero-order valence-electron chi connectivity index (χ0n) is 13.2. The summed E-state index contributed by atoms with van der Waals surface area (Å²) < 4.78 is 3.48. The van der Waals surface area contributed by atoms with Gasteiger partial charge in [-0.3, -0.25) is 9.48 Å². The Morgan fingerprint density at radius 1 is 1.30 bits per heavy atom. The lowest BCUT2D eigenvalue weighted by atomic mass is 9.93. The van der Waals surface area contributed by atoms with Crippen molar-refractivity contribution in [2.24, 2.45) is 7.05 Å². The van der Waals surface area contributed by atoms with E-state index in [1.54, 1.807) is 17.9 Å². The van der Waals surface area contributed by atoms with E-state index >= 15 is 0 Å². The van der Waals surface area contributed by atoms with E-state index in [1.807, 2.05) is 15.8 Å². The first-order chi connectivity index (χ1) is 11.1. The van der Waals surface area contributed by atoms with Crippen LogP contribution in [0.2, 0.25) is 0 Å². The van der Waals surface area contributed by atoms with Gasteiger partial charge in [0.15, 0.2) is 5.82 Å². The minimum absolute atomic E-state index is 0.00379. The number of aromatic nitrogens is 5. The predicted octanol–water partition coefficient (Wildman–Crippen LogP) is 1.30. The molecule has 1 unspecified atom stereocenters. The Balaban J connectivity index is 1.55. The quantitative estimate of drug-likeness (QED) is 0.921. The molecule has 0 bridgehead atoms. The van der Waals surface area contributed by atoms with Crippen molar-refractivity contribution in [3.63, 3.8) is 0 Å². The van der Waals surface area contributed by atoms with Crippen LogP contribution in [0, 0.1) is 0 Å². The number of nitrogen functional groups attached to an aromatic ring is 1. The molecule has 1 saturated carbocycles. The number of amides is 1. The molecule has 2 fully saturated rings. The molecule has 1 amide bonds. The molecule has 1 saturated heterocycles. The van der Waals surface area contributed by atoms with Crippen LogP contribution in [0.4, 0.5) is 5.95 Å². The standard InChI is InChI=1S/C15H21N7O/c1-20-15(16)18-13(19-20)12-6-3-7-21(12)14(23)10-8-17-22(9-10)11-4-2-5-11/h8-9,11-12H,2-7H2,1H3,(H2,16,18,19). The van der Waals surface area contributed by atoms with E-state index in [0.717, 1.165) is 32.2 Å². The minimum atomic E-state index is -0.0990. The van der Waals surface area contributed by atoms with E-state index in [-0.39, 0.29) is 11.9 Å². The number of aryl methyl sites for hydroxylation is 1. The maximum Gasteiger partial charge on any atom is 0.257 e. The number of carbonyl (C=O) groups excluding carboxylic acids is 1. The lowest BCUT2D eigenvalue weighted by Gasteiger charge is -2.25. The Bertz CT molecular complexity index is 711. The molecule has 2 aromatic heterocycles. The fraction of sp³-hybridized carbons (Fsp3) is 0.600. The van der Waals surface area contributed by atoms with Crippen molar-refractivity contribution in [1.29, 1.82) is 0 Å². The number of carbonyl (C=O) groups is 1. The molecule has 0 radical (unpaired) electrons. The molecular formula is C15H21N7O. The first-order valence-electron chi connectivity index (χ1n) is 8.15. The monoisotopic (exact) mass is 315 g/mol. The Hall–Kier alpha value is -2.38. The molecule has 8 heteroatoms. The highest BCUT2D eigenvalue weighted by Gasteiger charge is 2.34. The summed E-state index contributed by atoms with van der Waals surface area (Å²) in [4.78, 5) is 19.0. The van der Waals surface area contributed by atoms with Gasteiger partial charge in [0.2, 0.25) is 5.95 Å². The highest BCUT2D eigenvalue weighted by molar-refractivity contribution is 5.94. The average molecular weight is 315 g/mol. The van der Waals surface area contributed by atoms with Crippen LogP contribution in [-0.4, -0.2) is 41.9 Å². The van der Waals surface area contributed by atoms with Crippen molar-refractivity contribution in [1.82, 2.24) is 29.4 Å². The molecule has 122 valence electrons. The van der Waals surface area contributed by atoms with E-state index in [9.17, 15) is 4.79 Å². The first kappa shape index (κ1) is 14.2. The molecule has 0 aromatic carbocycles. The minimum Gasteiger partial charge on any atom is -0.368 e. The number of nitrogens with zero attached hydrogens (tertiary/aromatic N) is 6. The zero-order valence-corrected chi connectivity index (χ0v) is 13.2. The number of hydrogen-bond donors (Lipinski definition) is 1. The Morgan fingerprint density at radius 3 is 2.78 bits per heavy atom. The number of rotatable bonds is 3. The summed E-state index contributed by atoms with van der Waals surface area (Å²) in [6, 6.07) is 0.362. The van der Waals surface area contributed by atoms with E-state index in [1.165, 1.54) is 6.42 Å². The Labute approximate surface area is 134 Å². The molecule has 1 aliphatic heterocycles. The van der Waals surface area contributed by atoms with Gasteiger partial charge in [0.25, 0.3) is 5.91 Å². The second-order valence-electron chi connectivity index (χ2n) is 6.40. The average Bonchev–Trinajstić information content (AvgIpc) is 3.17. The number of anilines is 1. The Morgan fingerprint density at radius 2 is 2.13 bits per heavy atom. The van der Waals surface area contributed by atoms with Gasteiger partial charge < -0.3 is 10.6 Å². The smallest absolute Gasteiger partial charge is 0.257 e. The molecule has 4 rings (SSSR count). The van der Waals surface area contributed by atoms with Crippen molar-refractivity contribution in [2.75, 3.05) is 12.3 Å². The van der Waals surface area contributed by atoms with Gasteiger partial charge in [-0.25, -0.2) is 4.68 Å². The molecule has 23 heavy (non-hydrogen) atoms. The molecule has 2 aliphatic rings. The van der Waals surface area contributed by atoms with E-state index in [2.05, 4.69) is 15.2 Å². The fourth-order valence-electron chi connectivity index (χ4n) is 3.30. The van der Waals surface area contributed by atoms with E-state index in [0.29, 0.717) is 23.4 Å². The summed E-state index contributed by atoms with van der Waals surface area (Å²) >= 11 is 0. The normalized spacial score (nSPS) is 21.6. The highest BCUT2D eigenvalue weighted by atomic mass is 16.2. The van der Waals surface area contributed by atoms with Crippen molar-refractivity contribution in [3.8, 4) is 0 Å². The van der Waals surface area contributed by atoms with Gasteiger partial charge in [-0.2, -0.15) is 15.2 Å². The van der Waals surface area contributed by atoms with Crippen LogP contribution in [0.15, 0.2) is 12.4 Å². The molecule has 0 spiro atoms. The summed E-state index contributed by atoms with van der Waals surface area (Å²) in [6.45, 7) is 0.719. The van der Waals surface area contributed by atoms with E-state index < -0.39 is 0 Å². The third-order valence-electron chi connectivity index (χ3n) is 4.92. The lowest BCUT2D eigenvalue weighted by Crippen LogP contribution is -2.31. The van der Waals surface area contributed by atoms with Gasteiger partial charge in [-0.1, -0.05) is 0 Å². The molecule has 3 heterocycles. The van der Waals surface area contributed by atoms with Gasteiger partial charge in [0.1, 0.15) is 0 Å². The van der Waals surface area contributed by atoms with Gasteiger partial charge in [-0.15, -0.1) is 0 Å². The molecular weight excluding hydrogens is 294 g/mol. The van der Waals surface area contributed by atoms with Crippen LogP contribution in [0.1, 0.15) is 60.4 Å². The molecule has 2 N–H and O–H groups in total. The van der Waals surface area contributed by atoms with Gasteiger partial charge in [0, 0.05) is 19.8 Å². The van der Waals surface area contributed by atoms with Crippen LogP contribution >= 0.6 is 0 Å². The maximum absolute atomic E-state index is 12.8. The van der Waals surface area contributed by atoms with Gasteiger partial charge >= 0.3 is 0 Å². The molecule has 8 nitrogen and oxygen atoms in total. The summed E-state index contributed by atoms with van der Waals surface area (Å²) in [5.74, 6) is 1.00. The summed E-state index contributed by atoms with van der Waals surface area (Å²) in [7, 11) is 1.76. The van der Waals surface area contributed by atoms with Gasteiger partial charge in [-0.05, 0) is 32.1 Å². The number of hydrogen-bond acceptors (Lipinski definition) is 5. The molecule has 1 aliphatic carbocycles. The largest absolute Gasteiger partial charge is 0.368 e. The Kier molecular flexibility index (Phi) is 3.32. The third-order valence-corrected chi connectivity index (χ3v) is 4.92. The van der Waals surface area contributed by atoms with Crippen molar-refractivity contribution in [2.45, 2.75) is 44.2 Å². The van der Waals surface area contributed by atoms with Crippen LogP contribution in [0.25, 0.3) is 0 Å². The van der Waals surface area contributed by atoms with Crippen molar-refractivity contribution >= 4 is 11.9 Å². The van der Waals surface area contributed by atoms with Crippen LogP contribution in [-0.2, 0) is 7.05 Å². The summed E-state index contributed by atoms with van der Waals surface area (Å²) in [5, 5.41) is 8.70. The fourth-order valence-corrected chi connectivity index (χ4v) is 3.30. The molecule has 1 atom stereocenters. The third kappa shape index (κ3) is 2.38. The summed E-state index contributed by atoms with van der Waals surface area (Å²) in [6.07, 6.45) is 8.92. The number of nitrogens with two attached hydrogens (primary N) is 1. The highest BCUT2D eigenvalue weighted by Crippen LogP contribution is 2.33. The van der Waals surface area contributed by atoms with Gasteiger partial charge in [0.05, 0.1) is 23.8 Å². The van der Waals surface area contributed by atoms with Crippen LogP contribution < -0.4 is 5.73 Å². The van der Waals surface area contributed by atoms with E-state index in [4.69, 9.17) is 5.73 Å². The first-order valence-corrected chi connectivity index (χ1v) is 8.15. The lowest BCUT2D eigenvalue weighted by molar-refractivity contribution is 0.0729. The topological polar surface area (TPSA) is 94.9 Å². The number of likely N-dealkylation sites (tertiary alicyclic amines) is 1. The predicted molar refractivity (Wildman–Crippen MR) is 83.5 cm³/mol. The van der Waals surface area contributed by atoms with Crippen molar-refractivity contribution in [3.05, 3.63) is 23.8 Å². The molecule has 2 aromatic rings. The second kappa shape index (κ2) is 5.36. The van der Waals surface area contributed by atoms with Crippen molar-refractivity contribution < 1.29 is 4.79 Å².